The molecular formula is C26H23N3O8S. The van der Waals surface area contributed by atoms with Gasteiger partial charge in [0.2, 0.25) is 0 Å². The molecule has 4 rings (SSSR count). The van der Waals surface area contributed by atoms with Crippen molar-refractivity contribution in [1.82, 2.24) is 4.57 Å². The predicted molar refractivity (Wildman–Crippen MR) is 138 cm³/mol. The van der Waals surface area contributed by atoms with Crippen molar-refractivity contribution < 1.29 is 28.7 Å². The molecule has 1 atom stereocenters. The summed E-state index contributed by atoms with van der Waals surface area (Å²) in [4.78, 5) is 53.8. The third-order valence-corrected chi connectivity index (χ3v) is 6.64. The van der Waals surface area contributed by atoms with Crippen LogP contribution in [0, 0.1) is 10.1 Å². The zero-order valence-electron chi connectivity index (χ0n) is 20.9. The van der Waals surface area contributed by atoms with Gasteiger partial charge in [-0.3, -0.25) is 24.3 Å². The average molecular weight is 538 g/mol. The molecule has 0 fully saturated rings. The summed E-state index contributed by atoms with van der Waals surface area (Å²) >= 11 is 1.09. The van der Waals surface area contributed by atoms with Crippen LogP contribution in [0.1, 0.15) is 37.9 Å². The van der Waals surface area contributed by atoms with Gasteiger partial charge in [0, 0.05) is 19.1 Å². The predicted octanol–water partition coefficient (Wildman–Crippen LogP) is 2.64. The van der Waals surface area contributed by atoms with Crippen LogP contribution in [0.5, 0.6) is 11.5 Å². The summed E-state index contributed by atoms with van der Waals surface area (Å²) in [6.07, 6.45) is 1.54. The van der Waals surface area contributed by atoms with Gasteiger partial charge in [-0.2, -0.15) is 0 Å². The van der Waals surface area contributed by atoms with Crippen molar-refractivity contribution in [2.24, 2.45) is 4.99 Å². The minimum absolute atomic E-state index is 0.107. The van der Waals surface area contributed by atoms with E-state index in [2.05, 4.69) is 4.99 Å². The normalized spacial score (nSPS) is 14.9. The monoisotopic (exact) mass is 537 g/mol. The van der Waals surface area contributed by atoms with Gasteiger partial charge < -0.3 is 14.2 Å². The van der Waals surface area contributed by atoms with Crippen molar-refractivity contribution in [3.8, 4) is 11.5 Å². The molecule has 1 aromatic heterocycles. The first-order valence-corrected chi connectivity index (χ1v) is 12.3. The number of fused-ring (bicyclic) bond motifs is 1. The fourth-order valence-electron chi connectivity index (χ4n) is 4.08. The molecule has 12 heteroatoms. The number of nitro benzene ring substituents is 1. The Labute approximate surface area is 220 Å². The van der Waals surface area contributed by atoms with Crippen LogP contribution in [0.2, 0.25) is 0 Å². The lowest BCUT2D eigenvalue weighted by molar-refractivity contribution is -0.384. The Morgan fingerprint density at radius 1 is 1.21 bits per heavy atom. The molecular weight excluding hydrogens is 514 g/mol. The third-order valence-electron chi connectivity index (χ3n) is 5.65. The van der Waals surface area contributed by atoms with E-state index >= 15 is 0 Å². The summed E-state index contributed by atoms with van der Waals surface area (Å²) in [5.74, 6) is -0.752. The Kier molecular flexibility index (Phi) is 7.53. The van der Waals surface area contributed by atoms with Gasteiger partial charge in [0.1, 0.15) is 0 Å². The highest BCUT2D eigenvalue weighted by Crippen LogP contribution is 2.36. The molecule has 3 aromatic rings. The molecule has 0 unspecified atom stereocenters. The molecule has 0 spiro atoms. The number of allylic oxidation sites excluding steroid dienone is 1. The van der Waals surface area contributed by atoms with Crippen molar-refractivity contribution in [2.45, 2.75) is 26.8 Å². The van der Waals surface area contributed by atoms with Gasteiger partial charge in [-0.05, 0) is 43.2 Å². The summed E-state index contributed by atoms with van der Waals surface area (Å²) in [6, 6.07) is 9.72. The van der Waals surface area contributed by atoms with Gasteiger partial charge in [-0.25, -0.2) is 9.79 Å². The number of hydrogen-bond donors (Lipinski definition) is 0. The number of thiazole rings is 1. The maximum absolute atomic E-state index is 13.7. The van der Waals surface area contributed by atoms with Crippen LogP contribution in [0.15, 0.2) is 63.5 Å². The highest BCUT2D eigenvalue weighted by atomic mass is 32.1. The first-order valence-electron chi connectivity index (χ1n) is 11.4. The van der Waals surface area contributed by atoms with Gasteiger partial charge in [-0.15, -0.1) is 0 Å². The number of hydrogen-bond acceptors (Lipinski definition) is 10. The highest BCUT2D eigenvalue weighted by molar-refractivity contribution is 7.07. The molecule has 0 bridgehead atoms. The average Bonchev–Trinajstić information content (AvgIpc) is 3.17. The number of non-ortho nitro benzene ring substituents is 1. The lowest BCUT2D eigenvalue weighted by Gasteiger charge is -2.25. The second kappa shape index (κ2) is 10.8. The Morgan fingerprint density at radius 3 is 2.63 bits per heavy atom. The maximum atomic E-state index is 13.7. The molecule has 1 aliphatic heterocycles. The second-order valence-electron chi connectivity index (χ2n) is 8.16. The van der Waals surface area contributed by atoms with Gasteiger partial charge in [0.15, 0.2) is 16.3 Å². The smallest absolute Gasteiger partial charge is 0.338 e. The first-order chi connectivity index (χ1) is 18.1. The first kappa shape index (κ1) is 26.5. The molecule has 0 saturated carbocycles. The van der Waals surface area contributed by atoms with E-state index in [4.69, 9.17) is 14.2 Å². The van der Waals surface area contributed by atoms with E-state index in [1.54, 1.807) is 38.1 Å². The summed E-state index contributed by atoms with van der Waals surface area (Å²) in [7, 11) is 1.41. The van der Waals surface area contributed by atoms with Crippen LogP contribution < -0.4 is 24.4 Å². The van der Waals surface area contributed by atoms with Crippen molar-refractivity contribution >= 4 is 35.0 Å². The number of benzene rings is 2. The molecule has 38 heavy (non-hydrogen) atoms. The quantitative estimate of drug-likeness (QED) is 0.194. The van der Waals surface area contributed by atoms with E-state index < -0.39 is 28.5 Å². The van der Waals surface area contributed by atoms with Crippen LogP contribution in [0.4, 0.5) is 5.69 Å². The highest BCUT2D eigenvalue weighted by Gasteiger charge is 2.34. The van der Waals surface area contributed by atoms with E-state index in [0.29, 0.717) is 21.6 Å². The number of esters is 2. The Balaban J connectivity index is 1.95. The molecule has 196 valence electrons. The fourth-order valence-corrected chi connectivity index (χ4v) is 5.13. The fraction of sp³-hybridized carbons (Fsp3) is 0.231. The number of rotatable bonds is 7. The number of carbonyl (C=O) groups excluding carboxylic acids is 2. The molecule has 0 aliphatic carbocycles. The lowest BCUT2D eigenvalue weighted by Crippen LogP contribution is -2.40. The minimum atomic E-state index is -0.919. The Hall–Kier alpha value is -4.58. The lowest BCUT2D eigenvalue weighted by atomic mass is 9.95. The second-order valence-corrected chi connectivity index (χ2v) is 9.17. The van der Waals surface area contributed by atoms with Gasteiger partial charge in [0.05, 0.1) is 40.5 Å². The van der Waals surface area contributed by atoms with Crippen LogP contribution >= 0.6 is 11.3 Å². The van der Waals surface area contributed by atoms with Crippen molar-refractivity contribution in [1.29, 1.82) is 0 Å². The summed E-state index contributed by atoms with van der Waals surface area (Å²) < 4.78 is 17.5. The van der Waals surface area contributed by atoms with E-state index in [1.807, 2.05) is 0 Å². The summed E-state index contributed by atoms with van der Waals surface area (Å²) in [6.45, 7) is 4.71. The standard InChI is InChI=1S/C26H23N3O8S/c1-5-36-25(32)22-14(2)27-26-28(23(22)17-9-10-19(37-15(3)30)20(13-17)35-4)24(31)21(38-26)12-16-7-6-8-18(11-16)29(33)34/h6-13,23H,5H2,1-4H3/b21-12-/t23-/m0/s1. The van der Waals surface area contributed by atoms with Crippen LogP contribution in [-0.2, 0) is 14.3 Å². The molecule has 0 N–H and O–H groups in total. The number of aromatic nitrogens is 1. The number of nitro groups is 1. The van der Waals surface area contributed by atoms with Gasteiger partial charge in [-0.1, -0.05) is 29.5 Å². The molecule has 0 amide bonds. The van der Waals surface area contributed by atoms with E-state index in [0.717, 1.165) is 11.3 Å². The minimum Gasteiger partial charge on any atom is -0.493 e. The van der Waals surface area contributed by atoms with Crippen LogP contribution in [-0.4, -0.2) is 35.1 Å². The van der Waals surface area contributed by atoms with Crippen molar-refractivity contribution in [2.75, 3.05) is 13.7 Å². The number of carbonyl (C=O) groups is 2. The molecule has 1 aliphatic rings. The Bertz CT molecular complexity index is 1670. The zero-order valence-corrected chi connectivity index (χ0v) is 21.7. The number of methoxy groups -OCH3 is 1. The SMILES string of the molecule is CCOC(=O)C1=C(C)N=c2s/c(=C\c3cccc([N+](=O)[O-])c3)c(=O)n2[C@H]1c1ccc(OC(C)=O)c(OC)c1. The molecule has 2 aromatic carbocycles. The van der Waals surface area contributed by atoms with E-state index in [9.17, 15) is 24.5 Å². The number of nitrogens with zero attached hydrogens (tertiary/aromatic N) is 3. The molecule has 2 heterocycles. The van der Waals surface area contributed by atoms with Crippen molar-refractivity contribution in [3.05, 3.63) is 94.7 Å². The van der Waals surface area contributed by atoms with Gasteiger partial charge >= 0.3 is 11.9 Å². The summed E-state index contributed by atoms with van der Waals surface area (Å²) in [5, 5.41) is 11.2. The van der Waals surface area contributed by atoms with E-state index in [-0.39, 0.29) is 33.9 Å². The molecule has 0 saturated heterocycles. The summed E-state index contributed by atoms with van der Waals surface area (Å²) in [5.41, 5.74) is 0.961. The Morgan fingerprint density at radius 2 is 1.97 bits per heavy atom. The van der Waals surface area contributed by atoms with Crippen molar-refractivity contribution in [3.63, 3.8) is 0 Å². The largest absolute Gasteiger partial charge is 0.493 e. The maximum Gasteiger partial charge on any atom is 0.338 e. The third kappa shape index (κ3) is 5.11. The van der Waals surface area contributed by atoms with Crippen LogP contribution in [0.3, 0.4) is 0 Å². The van der Waals surface area contributed by atoms with E-state index in [1.165, 1.54) is 42.9 Å². The molecule has 11 nitrogen and oxygen atoms in total. The molecule has 0 radical (unpaired) electrons. The van der Waals surface area contributed by atoms with Crippen LogP contribution in [0.25, 0.3) is 6.08 Å². The number of ether oxygens (including phenoxy) is 3. The topological polar surface area (TPSA) is 139 Å². The zero-order chi connectivity index (χ0) is 27.6. The van der Waals surface area contributed by atoms with Gasteiger partial charge in [0.25, 0.3) is 11.2 Å².